The van der Waals surface area contributed by atoms with Gasteiger partial charge in [-0.25, -0.2) is 0 Å². The van der Waals surface area contributed by atoms with E-state index in [-0.39, 0.29) is 5.54 Å². The Morgan fingerprint density at radius 3 is 2.83 bits per heavy atom. The highest BCUT2D eigenvalue weighted by Gasteiger charge is 2.30. The van der Waals surface area contributed by atoms with Gasteiger partial charge in [0.25, 0.3) is 0 Å². The minimum atomic E-state index is 0.150. The number of nitrogens with zero attached hydrogens (tertiary/aromatic N) is 1. The lowest BCUT2D eigenvalue weighted by Crippen LogP contribution is -2.60. The van der Waals surface area contributed by atoms with E-state index in [9.17, 15) is 0 Å². The number of hydrogen-bond acceptors (Lipinski definition) is 2. The molecule has 1 aliphatic heterocycles. The van der Waals surface area contributed by atoms with E-state index in [0.29, 0.717) is 16.1 Å². The Balaban J connectivity index is 2.15. The lowest BCUT2D eigenvalue weighted by Gasteiger charge is -2.43. The molecule has 1 aromatic carbocycles. The molecule has 18 heavy (non-hydrogen) atoms. The van der Waals surface area contributed by atoms with Gasteiger partial charge in [-0.3, -0.25) is 4.90 Å². The van der Waals surface area contributed by atoms with Crippen LogP contribution in [-0.2, 0) is 6.54 Å². The first-order chi connectivity index (χ1) is 8.39. The van der Waals surface area contributed by atoms with Gasteiger partial charge in [0.15, 0.2) is 0 Å². The average Bonchev–Trinajstić information content (AvgIpc) is 2.29. The molecule has 100 valence electrons. The number of piperazine rings is 1. The smallest absolute Gasteiger partial charge is 0.0637 e. The van der Waals surface area contributed by atoms with Crippen LogP contribution in [0.5, 0.6) is 0 Å². The zero-order valence-corrected chi connectivity index (χ0v) is 12.6. The van der Waals surface area contributed by atoms with Crippen LogP contribution in [0.2, 0.25) is 10.0 Å². The zero-order valence-electron chi connectivity index (χ0n) is 11.1. The molecule has 2 rings (SSSR count). The van der Waals surface area contributed by atoms with Crippen LogP contribution in [0.25, 0.3) is 0 Å². The van der Waals surface area contributed by atoms with Crippen molar-refractivity contribution >= 4 is 23.2 Å². The normalized spacial score (nSPS) is 24.2. The van der Waals surface area contributed by atoms with Crippen LogP contribution in [0.1, 0.15) is 26.3 Å². The average molecular weight is 287 g/mol. The first-order valence-electron chi connectivity index (χ1n) is 6.31. The summed E-state index contributed by atoms with van der Waals surface area (Å²) in [5, 5.41) is 4.87. The van der Waals surface area contributed by atoms with Crippen molar-refractivity contribution in [2.45, 2.75) is 38.9 Å². The second kappa shape index (κ2) is 5.38. The molecule has 1 saturated heterocycles. The van der Waals surface area contributed by atoms with Crippen molar-refractivity contribution in [2.75, 3.05) is 13.1 Å². The van der Waals surface area contributed by atoms with Crippen LogP contribution in [-0.4, -0.2) is 29.6 Å². The number of hydrogen-bond donors (Lipinski definition) is 1. The van der Waals surface area contributed by atoms with Gasteiger partial charge in [-0.15, -0.1) is 0 Å². The first kappa shape index (κ1) is 14.1. The molecule has 1 N–H and O–H groups in total. The van der Waals surface area contributed by atoms with Crippen LogP contribution in [0.15, 0.2) is 18.2 Å². The Morgan fingerprint density at radius 1 is 1.39 bits per heavy atom. The van der Waals surface area contributed by atoms with E-state index < -0.39 is 0 Å². The van der Waals surface area contributed by atoms with Crippen molar-refractivity contribution in [3.05, 3.63) is 33.8 Å². The van der Waals surface area contributed by atoms with E-state index in [0.717, 1.165) is 25.2 Å². The minimum Gasteiger partial charge on any atom is -0.309 e. The molecule has 0 saturated carbocycles. The van der Waals surface area contributed by atoms with E-state index in [1.807, 2.05) is 12.1 Å². The molecule has 1 heterocycles. The molecule has 4 heteroatoms. The predicted octanol–water partition coefficient (Wildman–Crippen LogP) is 3.57. The van der Waals surface area contributed by atoms with Gasteiger partial charge in [0.2, 0.25) is 0 Å². The third kappa shape index (κ3) is 3.18. The molecule has 0 amide bonds. The first-order valence-corrected chi connectivity index (χ1v) is 7.06. The maximum absolute atomic E-state index is 6.26. The van der Waals surface area contributed by atoms with Crippen LogP contribution in [0, 0.1) is 0 Å². The monoisotopic (exact) mass is 286 g/mol. The summed E-state index contributed by atoms with van der Waals surface area (Å²) in [6.45, 7) is 9.56. The summed E-state index contributed by atoms with van der Waals surface area (Å²) in [5.41, 5.74) is 1.26. The molecule has 0 radical (unpaired) electrons. The van der Waals surface area contributed by atoms with Gasteiger partial charge in [0.05, 0.1) is 10.0 Å². The highest BCUT2D eigenvalue weighted by molar-refractivity contribution is 6.42. The van der Waals surface area contributed by atoms with Crippen molar-refractivity contribution < 1.29 is 0 Å². The van der Waals surface area contributed by atoms with Crippen molar-refractivity contribution in [2.24, 2.45) is 0 Å². The Labute approximate surface area is 119 Å². The Bertz CT molecular complexity index is 432. The van der Waals surface area contributed by atoms with Gasteiger partial charge < -0.3 is 5.32 Å². The maximum atomic E-state index is 6.26. The molecule has 1 unspecified atom stereocenters. The van der Waals surface area contributed by atoms with Gasteiger partial charge in [0.1, 0.15) is 0 Å². The van der Waals surface area contributed by atoms with E-state index in [2.05, 4.69) is 37.1 Å². The molecule has 2 nitrogen and oxygen atoms in total. The highest BCUT2D eigenvalue weighted by atomic mass is 35.5. The SMILES string of the molecule is CC1CNC(C)(C)CN1Cc1cccc(Cl)c1Cl. The second-order valence-electron chi connectivity index (χ2n) is 5.73. The number of nitrogens with one attached hydrogen (secondary N) is 1. The number of halogens is 2. The Kier molecular flexibility index (Phi) is 4.22. The van der Waals surface area contributed by atoms with Crippen molar-refractivity contribution in [1.29, 1.82) is 0 Å². The summed E-state index contributed by atoms with van der Waals surface area (Å²) >= 11 is 12.3. The second-order valence-corrected chi connectivity index (χ2v) is 6.52. The molecule has 1 atom stereocenters. The van der Waals surface area contributed by atoms with E-state index in [4.69, 9.17) is 23.2 Å². The zero-order chi connectivity index (χ0) is 13.3. The predicted molar refractivity (Wildman–Crippen MR) is 78.4 cm³/mol. The lowest BCUT2D eigenvalue weighted by atomic mass is 9.98. The van der Waals surface area contributed by atoms with E-state index in [1.165, 1.54) is 0 Å². The summed E-state index contributed by atoms with van der Waals surface area (Å²) in [7, 11) is 0. The molecular formula is C14H20Cl2N2. The van der Waals surface area contributed by atoms with E-state index >= 15 is 0 Å². The molecule has 0 spiro atoms. The molecule has 1 fully saturated rings. The third-order valence-electron chi connectivity index (χ3n) is 3.50. The van der Waals surface area contributed by atoms with Crippen molar-refractivity contribution in [1.82, 2.24) is 10.2 Å². The number of rotatable bonds is 2. The summed E-state index contributed by atoms with van der Waals surface area (Å²) < 4.78 is 0. The van der Waals surface area contributed by atoms with Crippen LogP contribution >= 0.6 is 23.2 Å². The summed E-state index contributed by atoms with van der Waals surface area (Å²) in [5.74, 6) is 0. The van der Waals surface area contributed by atoms with Crippen LogP contribution < -0.4 is 5.32 Å². The fourth-order valence-electron chi connectivity index (χ4n) is 2.37. The third-order valence-corrected chi connectivity index (χ3v) is 4.36. The Morgan fingerprint density at radius 2 is 2.11 bits per heavy atom. The largest absolute Gasteiger partial charge is 0.309 e. The summed E-state index contributed by atoms with van der Waals surface area (Å²) in [6, 6.07) is 6.35. The Hall–Kier alpha value is -0.280. The van der Waals surface area contributed by atoms with Gasteiger partial charge >= 0.3 is 0 Å². The molecule has 0 aliphatic carbocycles. The quantitative estimate of drug-likeness (QED) is 0.894. The fourth-order valence-corrected chi connectivity index (χ4v) is 2.75. The molecular weight excluding hydrogens is 267 g/mol. The lowest BCUT2D eigenvalue weighted by molar-refractivity contribution is 0.0978. The topological polar surface area (TPSA) is 15.3 Å². The van der Waals surface area contributed by atoms with Crippen molar-refractivity contribution in [3.63, 3.8) is 0 Å². The van der Waals surface area contributed by atoms with E-state index in [1.54, 1.807) is 0 Å². The van der Waals surface area contributed by atoms with Gasteiger partial charge in [-0.2, -0.15) is 0 Å². The van der Waals surface area contributed by atoms with Gasteiger partial charge in [0, 0.05) is 31.2 Å². The maximum Gasteiger partial charge on any atom is 0.0637 e. The van der Waals surface area contributed by atoms with Gasteiger partial charge in [-0.05, 0) is 32.4 Å². The molecule has 1 aromatic rings. The minimum absolute atomic E-state index is 0.150. The molecule has 0 aromatic heterocycles. The molecule has 0 bridgehead atoms. The molecule has 1 aliphatic rings. The standard InChI is InChI=1S/C14H20Cl2N2/c1-10-7-17-14(2,3)9-18(10)8-11-5-4-6-12(15)13(11)16/h4-6,10,17H,7-9H2,1-3H3. The summed E-state index contributed by atoms with van der Waals surface area (Å²) in [6.07, 6.45) is 0. The van der Waals surface area contributed by atoms with Crippen LogP contribution in [0.3, 0.4) is 0 Å². The van der Waals surface area contributed by atoms with Crippen molar-refractivity contribution in [3.8, 4) is 0 Å². The number of benzene rings is 1. The van der Waals surface area contributed by atoms with Crippen LogP contribution in [0.4, 0.5) is 0 Å². The highest BCUT2D eigenvalue weighted by Crippen LogP contribution is 2.28. The summed E-state index contributed by atoms with van der Waals surface area (Å²) in [4.78, 5) is 2.45. The fraction of sp³-hybridized carbons (Fsp3) is 0.571. The van der Waals surface area contributed by atoms with Gasteiger partial charge in [-0.1, -0.05) is 35.3 Å².